The molecule has 1 aromatic heterocycles. The Kier molecular flexibility index (Phi) is 4.83. The number of rotatable bonds is 4. The standard InChI is InChI=1S/C24H23F3N2O3/c1-13(2)23(30)28-16-6-7-19-17(9-16)18-10-21-22(32-24(26,27)31-21)11-20(18)29(19)12-14-4-3-5-15(25)8-14/h3-5,8,10-11,13,16H,6-7,9,12H2,1-2H3,(H,28,30). The van der Waals surface area contributed by atoms with E-state index in [0.29, 0.717) is 19.4 Å². The summed E-state index contributed by atoms with van der Waals surface area (Å²) >= 11 is 0. The molecule has 8 heteroatoms. The minimum atomic E-state index is -3.71. The number of carbonyl (C=O) groups is 1. The molecule has 0 spiro atoms. The highest BCUT2D eigenvalue weighted by Crippen LogP contribution is 2.46. The number of hydrogen-bond donors (Lipinski definition) is 1. The van der Waals surface area contributed by atoms with Crippen LogP contribution >= 0.6 is 0 Å². The number of nitrogens with zero attached hydrogens (tertiary/aromatic N) is 1. The Hall–Kier alpha value is -3.16. The first-order chi connectivity index (χ1) is 15.2. The number of hydrogen-bond acceptors (Lipinski definition) is 3. The van der Waals surface area contributed by atoms with E-state index in [-0.39, 0.29) is 35.2 Å². The Balaban J connectivity index is 1.59. The monoisotopic (exact) mass is 444 g/mol. The Bertz CT molecular complexity index is 1220. The van der Waals surface area contributed by atoms with Crippen LogP contribution in [0.5, 0.6) is 11.5 Å². The first kappa shape index (κ1) is 20.7. The molecule has 32 heavy (non-hydrogen) atoms. The molecule has 0 saturated heterocycles. The third-order valence-electron chi connectivity index (χ3n) is 6.09. The number of carbonyl (C=O) groups excluding carboxylic acids is 1. The molecule has 1 amide bonds. The molecule has 2 aliphatic rings. The molecular formula is C24H23F3N2O3. The first-order valence-corrected chi connectivity index (χ1v) is 10.7. The molecular weight excluding hydrogens is 421 g/mol. The fourth-order valence-electron chi connectivity index (χ4n) is 4.58. The van der Waals surface area contributed by atoms with Gasteiger partial charge in [-0.25, -0.2) is 4.39 Å². The van der Waals surface area contributed by atoms with E-state index in [1.807, 2.05) is 24.5 Å². The maximum absolute atomic E-state index is 13.8. The summed E-state index contributed by atoms with van der Waals surface area (Å²) in [5, 5.41) is 3.86. The second-order valence-electron chi connectivity index (χ2n) is 8.73. The molecule has 0 bridgehead atoms. The van der Waals surface area contributed by atoms with E-state index in [4.69, 9.17) is 0 Å². The van der Waals surface area contributed by atoms with Gasteiger partial charge in [0.1, 0.15) is 5.82 Å². The van der Waals surface area contributed by atoms with Crippen LogP contribution in [-0.4, -0.2) is 22.8 Å². The van der Waals surface area contributed by atoms with Crippen molar-refractivity contribution in [3.05, 3.63) is 59.0 Å². The SMILES string of the molecule is CC(C)C(=O)NC1CCc2c(c3cc4c(cc3n2Cc2cccc(F)c2)OC(F)(F)O4)C1. The summed E-state index contributed by atoms with van der Waals surface area (Å²) in [5.41, 5.74) is 3.52. The van der Waals surface area contributed by atoms with E-state index in [1.54, 1.807) is 18.2 Å². The number of nitrogens with one attached hydrogen (secondary N) is 1. The van der Waals surface area contributed by atoms with Crippen LogP contribution in [0.1, 0.15) is 37.1 Å². The third kappa shape index (κ3) is 3.67. The lowest BCUT2D eigenvalue weighted by Crippen LogP contribution is -2.41. The maximum atomic E-state index is 13.8. The summed E-state index contributed by atoms with van der Waals surface area (Å²) < 4.78 is 52.5. The molecule has 0 radical (unpaired) electrons. The third-order valence-corrected chi connectivity index (χ3v) is 6.09. The van der Waals surface area contributed by atoms with E-state index in [0.717, 1.165) is 34.1 Å². The highest BCUT2D eigenvalue weighted by atomic mass is 19.3. The Morgan fingerprint density at radius 3 is 2.69 bits per heavy atom. The molecule has 0 saturated carbocycles. The van der Waals surface area contributed by atoms with Crippen molar-refractivity contribution in [1.29, 1.82) is 0 Å². The largest absolute Gasteiger partial charge is 0.586 e. The summed E-state index contributed by atoms with van der Waals surface area (Å²) in [7, 11) is 0. The fourth-order valence-corrected chi connectivity index (χ4v) is 4.58. The van der Waals surface area contributed by atoms with Crippen molar-refractivity contribution in [2.24, 2.45) is 5.92 Å². The molecule has 5 nitrogen and oxygen atoms in total. The number of alkyl halides is 2. The van der Waals surface area contributed by atoms with Gasteiger partial charge in [-0.15, -0.1) is 8.78 Å². The van der Waals surface area contributed by atoms with Gasteiger partial charge in [0, 0.05) is 35.7 Å². The summed E-state index contributed by atoms with van der Waals surface area (Å²) in [5.74, 6) is -0.508. The van der Waals surface area contributed by atoms with Gasteiger partial charge in [-0.2, -0.15) is 0 Å². The highest BCUT2D eigenvalue weighted by Gasteiger charge is 2.44. The molecule has 3 aromatic rings. The number of benzene rings is 2. The number of aromatic nitrogens is 1. The summed E-state index contributed by atoms with van der Waals surface area (Å²) in [6.07, 6.45) is -1.67. The smallest absolute Gasteiger partial charge is 0.395 e. The van der Waals surface area contributed by atoms with Crippen molar-refractivity contribution in [2.45, 2.75) is 52.0 Å². The molecule has 168 valence electrons. The predicted octanol–water partition coefficient (Wildman–Crippen LogP) is 4.78. The van der Waals surface area contributed by atoms with Gasteiger partial charge in [-0.1, -0.05) is 26.0 Å². The minimum Gasteiger partial charge on any atom is -0.395 e. The Labute approximate surface area is 183 Å². The molecule has 0 fully saturated rings. The molecule has 1 N–H and O–H groups in total. The van der Waals surface area contributed by atoms with Gasteiger partial charge in [-0.3, -0.25) is 4.79 Å². The lowest BCUT2D eigenvalue weighted by molar-refractivity contribution is -0.286. The van der Waals surface area contributed by atoms with Crippen molar-refractivity contribution in [3.63, 3.8) is 0 Å². The van der Waals surface area contributed by atoms with Crippen molar-refractivity contribution in [2.75, 3.05) is 0 Å². The van der Waals surface area contributed by atoms with Crippen LogP contribution in [-0.2, 0) is 24.2 Å². The van der Waals surface area contributed by atoms with E-state index in [1.165, 1.54) is 12.1 Å². The average molecular weight is 444 g/mol. The zero-order valence-corrected chi connectivity index (χ0v) is 17.8. The van der Waals surface area contributed by atoms with Crippen LogP contribution in [0.15, 0.2) is 36.4 Å². The van der Waals surface area contributed by atoms with Gasteiger partial charge in [0.25, 0.3) is 0 Å². The molecule has 5 rings (SSSR count). The quantitative estimate of drug-likeness (QED) is 0.630. The normalized spacial score (nSPS) is 18.8. The lowest BCUT2D eigenvalue weighted by atomic mass is 9.91. The van der Waals surface area contributed by atoms with Gasteiger partial charge in [0.2, 0.25) is 5.91 Å². The fraction of sp³-hybridized carbons (Fsp3) is 0.375. The number of fused-ring (bicyclic) bond motifs is 4. The summed E-state index contributed by atoms with van der Waals surface area (Å²) in [6, 6.07) is 9.43. The zero-order chi connectivity index (χ0) is 22.6. The van der Waals surface area contributed by atoms with Crippen molar-refractivity contribution in [3.8, 4) is 11.5 Å². The molecule has 2 heterocycles. The molecule has 1 aliphatic heterocycles. The molecule has 1 unspecified atom stereocenters. The zero-order valence-electron chi connectivity index (χ0n) is 17.8. The Morgan fingerprint density at radius 1 is 1.22 bits per heavy atom. The van der Waals surface area contributed by atoms with Gasteiger partial charge >= 0.3 is 6.29 Å². The van der Waals surface area contributed by atoms with Crippen molar-refractivity contribution < 1.29 is 27.4 Å². The van der Waals surface area contributed by atoms with Crippen LogP contribution in [0.4, 0.5) is 13.2 Å². The van der Waals surface area contributed by atoms with Crippen LogP contribution in [0.3, 0.4) is 0 Å². The average Bonchev–Trinajstić information content (AvgIpc) is 3.18. The number of ether oxygens (including phenoxy) is 2. The van der Waals surface area contributed by atoms with Crippen LogP contribution in [0.2, 0.25) is 0 Å². The van der Waals surface area contributed by atoms with Crippen LogP contribution in [0.25, 0.3) is 10.9 Å². The second-order valence-corrected chi connectivity index (χ2v) is 8.73. The first-order valence-electron chi connectivity index (χ1n) is 10.7. The molecule has 1 atom stereocenters. The minimum absolute atomic E-state index is 0.0125. The predicted molar refractivity (Wildman–Crippen MR) is 112 cm³/mol. The van der Waals surface area contributed by atoms with Gasteiger partial charge < -0.3 is 19.4 Å². The van der Waals surface area contributed by atoms with E-state index >= 15 is 0 Å². The van der Waals surface area contributed by atoms with Gasteiger partial charge in [0.05, 0.1) is 5.52 Å². The molecule has 1 aliphatic carbocycles. The number of halogens is 3. The summed E-state index contributed by atoms with van der Waals surface area (Å²) in [6.45, 7) is 4.08. The van der Waals surface area contributed by atoms with E-state index in [2.05, 4.69) is 14.8 Å². The highest BCUT2D eigenvalue weighted by molar-refractivity contribution is 5.89. The van der Waals surface area contributed by atoms with Crippen LogP contribution in [0, 0.1) is 11.7 Å². The summed E-state index contributed by atoms with van der Waals surface area (Å²) in [4.78, 5) is 12.2. The van der Waals surface area contributed by atoms with Crippen molar-refractivity contribution in [1.82, 2.24) is 9.88 Å². The molecule has 2 aromatic carbocycles. The van der Waals surface area contributed by atoms with Gasteiger partial charge in [0.15, 0.2) is 11.5 Å². The number of amides is 1. The van der Waals surface area contributed by atoms with E-state index < -0.39 is 6.29 Å². The van der Waals surface area contributed by atoms with E-state index in [9.17, 15) is 18.0 Å². The topological polar surface area (TPSA) is 52.5 Å². The maximum Gasteiger partial charge on any atom is 0.586 e. The van der Waals surface area contributed by atoms with Crippen molar-refractivity contribution >= 4 is 16.8 Å². The second kappa shape index (κ2) is 7.46. The lowest BCUT2D eigenvalue weighted by Gasteiger charge is -2.26. The van der Waals surface area contributed by atoms with Crippen LogP contribution < -0.4 is 14.8 Å². The Morgan fingerprint density at radius 2 is 1.97 bits per heavy atom. The van der Waals surface area contributed by atoms with Gasteiger partial charge in [-0.05, 0) is 48.6 Å².